The van der Waals surface area contributed by atoms with Crippen LogP contribution in [0.15, 0.2) is 42.5 Å². The first-order valence-electron chi connectivity index (χ1n) is 9.82. The second kappa shape index (κ2) is 8.92. The Balaban J connectivity index is 1.97. The number of rotatable bonds is 9. The molecule has 164 valence electrons. The maximum absolute atomic E-state index is 13.6. The van der Waals surface area contributed by atoms with E-state index in [9.17, 15) is 13.3 Å². The molecular weight excluding hydrogens is 415 g/mol. The average molecular weight is 441 g/mol. The molecule has 0 aromatic heterocycles. The number of hydrogen-bond acceptors (Lipinski definition) is 6. The molecule has 0 spiro atoms. The van der Waals surface area contributed by atoms with E-state index >= 15 is 0 Å². The Hall–Kier alpha value is -2.15. The van der Waals surface area contributed by atoms with Crippen molar-refractivity contribution in [2.75, 3.05) is 18.5 Å². The van der Waals surface area contributed by atoms with Gasteiger partial charge in [0.2, 0.25) is 0 Å². The third-order valence-electron chi connectivity index (χ3n) is 4.56. The molecule has 1 aliphatic rings. The summed E-state index contributed by atoms with van der Waals surface area (Å²) in [6, 6.07) is 11.9. The van der Waals surface area contributed by atoms with E-state index in [-0.39, 0.29) is 24.7 Å². The molecule has 0 saturated heterocycles. The zero-order valence-corrected chi connectivity index (χ0v) is 18.2. The highest BCUT2D eigenvalue weighted by molar-refractivity contribution is 7.54. The van der Waals surface area contributed by atoms with E-state index in [0.717, 1.165) is 5.56 Å². The summed E-state index contributed by atoms with van der Waals surface area (Å²) in [4.78, 5) is 0. The third kappa shape index (κ3) is 4.94. The summed E-state index contributed by atoms with van der Waals surface area (Å²) in [5.74, 6) is -0.686. The predicted molar refractivity (Wildman–Crippen MR) is 110 cm³/mol. The Morgan fingerprint density at radius 3 is 2.10 bits per heavy atom. The average Bonchev–Trinajstić information content (AvgIpc) is 2.99. The van der Waals surface area contributed by atoms with E-state index < -0.39 is 19.7 Å². The van der Waals surface area contributed by atoms with Crippen molar-refractivity contribution in [3.05, 3.63) is 53.6 Å². The van der Waals surface area contributed by atoms with Crippen LogP contribution in [0, 0.1) is 0 Å². The van der Waals surface area contributed by atoms with Gasteiger partial charge in [-0.2, -0.15) is 0 Å². The third-order valence-corrected chi connectivity index (χ3v) is 6.85. The molecule has 0 aliphatic carbocycles. The first-order chi connectivity index (χ1) is 14.2. The van der Waals surface area contributed by atoms with Crippen LogP contribution in [0.4, 0.5) is 14.5 Å². The van der Waals surface area contributed by atoms with Crippen LogP contribution >= 0.6 is 7.60 Å². The largest absolute Gasteiger partial charge is 0.586 e. The van der Waals surface area contributed by atoms with Gasteiger partial charge in [0, 0.05) is 11.8 Å². The van der Waals surface area contributed by atoms with Gasteiger partial charge in [-0.1, -0.05) is 38.1 Å². The fourth-order valence-corrected chi connectivity index (χ4v) is 5.09. The van der Waals surface area contributed by atoms with E-state index in [0.29, 0.717) is 17.2 Å². The molecule has 0 saturated carbocycles. The Labute approximate surface area is 175 Å². The molecule has 0 bridgehead atoms. The molecule has 6 nitrogen and oxygen atoms in total. The van der Waals surface area contributed by atoms with E-state index in [4.69, 9.17) is 9.05 Å². The SMILES string of the molecule is CCOP(=O)(OCC)C(Nc1ccc2c(c1)OC(F)(F)O2)c1ccc(C(C)C)cc1. The van der Waals surface area contributed by atoms with Gasteiger partial charge >= 0.3 is 13.9 Å². The lowest BCUT2D eigenvalue weighted by Crippen LogP contribution is -2.25. The van der Waals surface area contributed by atoms with Gasteiger partial charge in [-0.25, -0.2) is 0 Å². The number of anilines is 1. The number of nitrogens with one attached hydrogen (secondary N) is 1. The Morgan fingerprint density at radius 2 is 1.53 bits per heavy atom. The first-order valence-corrected chi connectivity index (χ1v) is 11.4. The summed E-state index contributed by atoms with van der Waals surface area (Å²) < 4.78 is 60.3. The molecule has 1 aliphatic heterocycles. The second-order valence-electron chi connectivity index (χ2n) is 7.07. The topological polar surface area (TPSA) is 66.0 Å². The maximum Gasteiger partial charge on any atom is 0.586 e. The summed E-state index contributed by atoms with van der Waals surface area (Å²) >= 11 is 0. The van der Waals surface area contributed by atoms with Crippen LogP contribution in [0.1, 0.15) is 50.5 Å². The van der Waals surface area contributed by atoms with E-state index in [1.807, 2.05) is 24.3 Å². The highest BCUT2D eigenvalue weighted by atomic mass is 31.2. The van der Waals surface area contributed by atoms with Gasteiger partial charge < -0.3 is 23.8 Å². The molecule has 2 aromatic rings. The van der Waals surface area contributed by atoms with Crippen molar-refractivity contribution in [2.45, 2.75) is 45.7 Å². The molecule has 30 heavy (non-hydrogen) atoms. The van der Waals surface area contributed by atoms with E-state index in [2.05, 4.69) is 28.6 Å². The zero-order chi connectivity index (χ0) is 21.9. The van der Waals surface area contributed by atoms with Gasteiger partial charge in [-0.3, -0.25) is 4.57 Å². The summed E-state index contributed by atoms with van der Waals surface area (Å²) in [7, 11) is -3.63. The quantitative estimate of drug-likeness (QED) is 0.448. The number of ether oxygens (including phenoxy) is 2. The summed E-state index contributed by atoms with van der Waals surface area (Å²) in [5, 5.41) is 3.12. The Bertz CT molecular complexity index is 910. The van der Waals surface area contributed by atoms with Crippen molar-refractivity contribution >= 4 is 13.3 Å². The zero-order valence-electron chi connectivity index (χ0n) is 17.4. The van der Waals surface area contributed by atoms with Crippen LogP contribution in [0.3, 0.4) is 0 Å². The molecule has 1 atom stereocenters. The lowest BCUT2D eigenvalue weighted by atomic mass is 10.0. The van der Waals surface area contributed by atoms with E-state index in [1.54, 1.807) is 19.9 Å². The lowest BCUT2D eigenvalue weighted by molar-refractivity contribution is -0.286. The Kier molecular flexibility index (Phi) is 6.70. The fraction of sp³-hybridized carbons (Fsp3) is 0.429. The van der Waals surface area contributed by atoms with Gasteiger partial charge in [-0.15, -0.1) is 8.78 Å². The molecule has 1 heterocycles. The van der Waals surface area contributed by atoms with Gasteiger partial charge in [0.1, 0.15) is 0 Å². The monoisotopic (exact) mass is 441 g/mol. The summed E-state index contributed by atoms with van der Waals surface area (Å²) in [6.45, 7) is 8.00. The number of halogens is 2. The Morgan fingerprint density at radius 1 is 0.967 bits per heavy atom. The fourth-order valence-electron chi connectivity index (χ4n) is 3.15. The van der Waals surface area contributed by atoms with Crippen LogP contribution in [-0.4, -0.2) is 19.5 Å². The van der Waals surface area contributed by atoms with Crippen molar-refractivity contribution in [1.82, 2.24) is 0 Å². The standard InChI is InChI=1S/C21H26F2NO5P/c1-5-26-30(25,27-6-2)20(16-9-7-15(8-10-16)14(3)4)24-17-11-12-18-19(13-17)29-21(22,23)28-18/h7-14,20,24H,5-6H2,1-4H3. The van der Waals surface area contributed by atoms with Crippen LogP contribution in [-0.2, 0) is 13.6 Å². The molecular formula is C21H26F2NO5P. The highest BCUT2D eigenvalue weighted by Crippen LogP contribution is 2.61. The van der Waals surface area contributed by atoms with Crippen LogP contribution in [0.2, 0.25) is 0 Å². The summed E-state index contributed by atoms with van der Waals surface area (Å²) in [6.07, 6.45) is -3.71. The predicted octanol–water partition coefficient (Wildman–Crippen LogP) is 6.51. The van der Waals surface area contributed by atoms with Crippen molar-refractivity contribution < 1.29 is 31.9 Å². The molecule has 0 amide bonds. The minimum atomic E-state index is -3.71. The van der Waals surface area contributed by atoms with Crippen LogP contribution in [0.5, 0.6) is 11.5 Å². The number of hydrogen-bond donors (Lipinski definition) is 1. The molecule has 1 N–H and O–H groups in total. The second-order valence-corrected chi connectivity index (χ2v) is 9.19. The molecule has 2 aromatic carbocycles. The van der Waals surface area contributed by atoms with Crippen molar-refractivity contribution in [3.63, 3.8) is 0 Å². The molecule has 9 heteroatoms. The number of alkyl halides is 2. The molecule has 1 unspecified atom stereocenters. The minimum Gasteiger partial charge on any atom is -0.395 e. The van der Waals surface area contributed by atoms with Crippen LogP contribution in [0.25, 0.3) is 0 Å². The molecule has 0 radical (unpaired) electrons. The van der Waals surface area contributed by atoms with Crippen molar-refractivity contribution in [3.8, 4) is 11.5 Å². The summed E-state index contributed by atoms with van der Waals surface area (Å²) in [5.41, 5.74) is 2.23. The van der Waals surface area contributed by atoms with Gasteiger partial charge in [-0.05, 0) is 43.0 Å². The number of fused-ring (bicyclic) bond motifs is 1. The van der Waals surface area contributed by atoms with Crippen molar-refractivity contribution in [1.29, 1.82) is 0 Å². The van der Waals surface area contributed by atoms with Gasteiger partial charge in [0.05, 0.1) is 13.2 Å². The lowest BCUT2D eigenvalue weighted by Gasteiger charge is -2.28. The maximum atomic E-state index is 13.6. The van der Waals surface area contributed by atoms with Crippen LogP contribution < -0.4 is 14.8 Å². The van der Waals surface area contributed by atoms with E-state index in [1.165, 1.54) is 12.1 Å². The van der Waals surface area contributed by atoms with Gasteiger partial charge in [0.15, 0.2) is 17.3 Å². The minimum absolute atomic E-state index is 0.0683. The number of benzene rings is 2. The van der Waals surface area contributed by atoms with Crippen molar-refractivity contribution in [2.24, 2.45) is 0 Å². The highest BCUT2D eigenvalue weighted by Gasteiger charge is 2.44. The molecule has 3 rings (SSSR count). The molecule has 0 fully saturated rings. The van der Waals surface area contributed by atoms with Gasteiger partial charge in [0.25, 0.3) is 0 Å². The normalized spacial score (nSPS) is 16.0. The smallest absolute Gasteiger partial charge is 0.395 e. The first kappa shape index (κ1) is 22.5.